The van der Waals surface area contributed by atoms with Crippen LogP contribution in [-0.4, -0.2) is 36.0 Å². The van der Waals surface area contributed by atoms with E-state index in [4.69, 9.17) is 11.1 Å². The fourth-order valence-electron chi connectivity index (χ4n) is 2.13. The highest BCUT2D eigenvalue weighted by Gasteiger charge is 2.08. The lowest BCUT2D eigenvalue weighted by Crippen LogP contribution is -2.10. The predicted molar refractivity (Wildman–Crippen MR) is 84.4 cm³/mol. The van der Waals surface area contributed by atoms with E-state index < -0.39 is 0 Å². The van der Waals surface area contributed by atoms with Crippen molar-refractivity contribution in [3.05, 3.63) is 47.8 Å². The van der Waals surface area contributed by atoms with Gasteiger partial charge in [0.15, 0.2) is 6.29 Å². The van der Waals surface area contributed by atoms with Crippen LogP contribution in [0.3, 0.4) is 0 Å². The maximum atomic E-state index is 10.8. The summed E-state index contributed by atoms with van der Waals surface area (Å²) in [4.78, 5) is 17.1. The smallest absolute Gasteiger partial charge is 0.168 e. The first kappa shape index (κ1) is 14.9. The van der Waals surface area contributed by atoms with Crippen LogP contribution in [0.5, 0.6) is 0 Å². The number of carbonyl (C=O) groups is 1. The number of nitrogens with two attached hydrogens (primary N) is 1. The average molecular weight is 282 g/mol. The normalized spacial score (nSPS) is 10.6. The van der Waals surface area contributed by atoms with Gasteiger partial charge in [0.05, 0.1) is 0 Å². The quantitative estimate of drug-likeness (QED) is 0.499. The van der Waals surface area contributed by atoms with E-state index in [1.54, 1.807) is 18.3 Å². The molecule has 5 heteroatoms. The molecule has 2 aromatic rings. The number of nitrogens with zero attached hydrogens (tertiary/aromatic N) is 2. The largest absolute Gasteiger partial charge is 0.398 e. The van der Waals surface area contributed by atoms with Crippen molar-refractivity contribution in [1.29, 1.82) is 5.41 Å². The summed E-state index contributed by atoms with van der Waals surface area (Å²) in [6.07, 6.45) is 4.09. The molecule has 0 aliphatic rings. The van der Waals surface area contributed by atoms with E-state index >= 15 is 0 Å². The zero-order chi connectivity index (χ0) is 15.4. The van der Waals surface area contributed by atoms with Crippen molar-refractivity contribution in [3.8, 4) is 11.1 Å². The Kier molecular flexibility index (Phi) is 4.45. The number of pyridine rings is 1. The molecular weight excluding hydrogens is 264 g/mol. The first-order valence-electron chi connectivity index (χ1n) is 6.54. The van der Waals surface area contributed by atoms with Gasteiger partial charge in [-0.15, -0.1) is 0 Å². The number of carbonyl (C=O) groups excluding carboxylic acids is 1. The van der Waals surface area contributed by atoms with E-state index in [1.807, 2.05) is 32.4 Å². The summed E-state index contributed by atoms with van der Waals surface area (Å²) in [6, 6.07) is 7.38. The van der Waals surface area contributed by atoms with Crippen molar-refractivity contribution in [2.45, 2.75) is 6.54 Å². The maximum Gasteiger partial charge on any atom is 0.168 e. The molecule has 1 aromatic heterocycles. The van der Waals surface area contributed by atoms with E-state index in [9.17, 15) is 4.79 Å². The van der Waals surface area contributed by atoms with E-state index in [2.05, 4.69) is 9.88 Å². The van der Waals surface area contributed by atoms with Gasteiger partial charge in [-0.3, -0.25) is 15.2 Å². The number of hydrogen-bond donors (Lipinski definition) is 2. The molecule has 108 valence electrons. The van der Waals surface area contributed by atoms with Crippen molar-refractivity contribution < 1.29 is 4.79 Å². The molecule has 5 nitrogen and oxygen atoms in total. The topological polar surface area (TPSA) is 83.1 Å². The molecule has 3 N–H and O–H groups in total. The lowest BCUT2D eigenvalue weighted by Gasteiger charge is -2.11. The van der Waals surface area contributed by atoms with Crippen LogP contribution in [-0.2, 0) is 11.3 Å². The van der Waals surface area contributed by atoms with Gasteiger partial charge in [-0.25, -0.2) is 0 Å². The average Bonchev–Trinajstić information content (AvgIpc) is 2.46. The Hall–Kier alpha value is -2.53. The van der Waals surface area contributed by atoms with Crippen molar-refractivity contribution in [3.63, 3.8) is 0 Å². The third-order valence-corrected chi connectivity index (χ3v) is 3.09. The van der Waals surface area contributed by atoms with Gasteiger partial charge in [0, 0.05) is 35.8 Å². The number of nitrogen functional groups attached to an aromatic ring is 1. The molecule has 2 rings (SSSR count). The Bertz CT molecular complexity index is 680. The van der Waals surface area contributed by atoms with Gasteiger partial charge in [-0.05, 0) is 43.4 Å². The number of anilines is 1. The van der Waals surface area contributed by atoms with E-state index in [1.165, 1.54) is 0 Å². The van der Waals surface area contributed by atoms with Crippen LogP contribution in [0.15, 0.2) is 36.7 Å². The highest BCUT2D eigenvalue weighted by Crippen LogP contribution is 2.24. The number of benzene rings is 1. The van der Waals surface area contributed by atoms with E-state index in [0.717, 1.165) is 23.2 Å². The van der Waals surface area contributed by atoms with Crippen LogP contribution in [0.1, 0.15) is 11.1 Å². The second-order valence-electron chi connectivity index (χ2n) is 5.15. The summed E-state index contributed by atoms with van der Waals surface area (Å²) in [7, 11) is 4.00. The first-order valence-corrected chi connectivity index (χ1v) is 6.54. The molecule has 0 saturated heterocycles. The molecular formula is C16H18N4O. The molecule has 0 atom stereocenters. The zero-order valence-electron chi connectivity index (χ0n) is 12.1. The fourth-order valence-corrected chi connectivity index (χ4v) is 2.13. The molecule has 0 fully saturated rings. The predicted octanol–water partition coefficient (Wildman–Crippen LogP) is 1.96. The molecule has 1 heterocycles. The van der Waals surface area contributed by atoms with Crippen molar-refractivity contribution >= 4 is 17.7 Å². The monoisotopic (exact) mass is 282 g/mol. The SMILES string of the molecule is CN(C)Cc1cncc(-c2ccc(N)c(C(=N)C=O)c2)c1. The standard InChI is InChI=1S/C16H18N4O/c1-20(2)9-11-5-13(8-19-7-11)12-3-4-15(17)14(6-12)16(18)10-21/h3-8,10,18H,9,17H2,1-2H3. The Morgan fingerprint density at radius 1 is 1.29 bits per heavy atom. The summed E-state index contributed by atoms with van der Waals surface area (Å²) in [5.74, 6) is 0. The van der Waals surface area contributed by atoms with Crippen molar-refractivity contribution in [2.24, 2.45) is 0 Å². The molecule has 0 aliphatic carbocycles. The highest BCUT2D eigenvalue weighted by molar-refractivity contribution is 6.36. The lowest BCUT2D eigenvalue weighted by molar-refractivity contribution is -0.102. The number of aromatic nitrogens is 1. The Morgan fingerprint density at radius 2 is 2.05 bits per heavy atom. The minimum absolute atomic E-state index is 0.119. The second kappa shape index (κ2) is 6.28. The van der Waals surface area contributed by atoms with Gasteiger partial charge < -0.3 is 10.6 Å². The first-order chi connectivity index (χ1) is 10.0. The van der Waals surface area contributed by atoms with Crippen molar-refractivity contribution in [2.75, 3.05) is 19.8 Å². The summed E-state index contributed by atoms with van der Waals surface area (Å²) in [6.45, 7) is 0.798. The lowest BCUT2D eigenvalue weighted by atomic mass is 10.00. The van der Waals surface area contributed by atoms with Gasteiger partial charge in [0.2, 0.25) is 0 Å². The van der Waals surface area contributed by atoms with Gasteiger partial charge in [-0.1, -0.05) is 6.07 Å². The molecule has 0 aliphatic heterocycles. The van der Waals surface area contributed by atoms with E-state index in [-0.39, 0.29) is 5.71 Å². The Balaban J connectivity index is 2.42. The van der Waals surface area contributed by atoms with E-state index in [0.29, 0.717) is 17.5 Å². The number of nitrogens with one attached hydrogen (secondary N) is 1. The van der Waals surface area contributed by atoms with Gasteiger partial charge in [-0.2, -0.15) is 0 Å². The zero-order valence-corrected chi connectivity index (χ0v) is 12.1. The van der Waals surface area contributed by atoms with Crippen LogP contribution in [0.4, 0.5) is 5.69 Å². The minimum atomic E-state index is -0.119. The van der Waals surface area contributed by atoms with Gasteiger partial charge >= 0.3 is 0 Å². The van der Waals surface area contributed by atoms with Crippen LogP contribution >= 0.6 is 0 Å². The molecule has 0 radical (unpaired) electrons. The molecule has 21 heavy (non-hydrogen) atoms. The second-order valence-corrected chi connectivity index (χ2v) is 5.15. The summed E-state index contributed by atoms with van der Waals surface area (Å²) < 4.78 is 0. The molecule has 0 bridgehead atoms. The fraction of sp³-hybridized carbons (Fsp3) is 0.188. The number of hydrogen-bond acceptors (Lipinski definition) is 5. The summed E-state index contributed by atoms with van der Waals surface area (Å²) >= 11 is 0. The maximum absolute atomic E-state index is 10.8. The Labute approximate surface area is 123 Å². The third-order valence-electron chi connectivity index (χ3n) is 3.09. The highest BCUT2D eigenvalue weighted by atomic mass is 16.1. The van der Waals surface area contributed by atoms with Crippen LogP contribution in [0, 0.1) is 5.41 Å². The molecule has 0 saturated carbocycles. The summed E-state index contributed by atoms with van der Waals surface area (Å²) in [5.41, 5.74) is 9.49. The molecule has 1 aromatic carbocycles. The number of aldehydes is 1. The molecule has 0 unspecified atom stereocenters. The van der Waals surface area contributed by atoms with Gasteiger partial charge in [0.25, 0.3) is 0 Å². The van der Waals surface area contributed by atoms with Crippen molar-refractivity contribution in [1.82, 2.24) is 9.88 Å². The Morgan fingerprint density at radius 3 is 2.71 bits per heavy atom. The van der Waals surface area contributed by atoms with Gasteiger partial charge in [0.1, 0.15) is 5.71 Å². The van der Waals surface area contributed by atoms with Crippen LogP contribution < -0.4 is 5.73 Å². The third kappa shape index (κ3) is 3.52. The molecule has 0 amide bonds. The van der Waals surface area contributed by atoms with Crippen LogP contribution in [0.25, 0.3) is 11.1 Å². The number of rotatable bonds is 5. The minimum Gasteiger partial charge on any atom is -0.398 e. The van der Waals surface area contributed by atoms with Crippen LogP contribution in [0.2, 0.25) is 0 Å². The molecule has 0 spiro atoms. The summed E-state index contributed by atoms with van der Waals surface area (Å²) in [5, 5.41) is 7.64.